The molecule has 6 nitrogen and oxygen atoms in total. The van der Waals surface area contributed by atoms with Crippen molar-refractivity contribution in [2.45, 2.75) is 53.6 Å². The highest BCUT2D eigenvalue weighted by molar-refractivity contribution is 7.12. The second-order valence-corrected chi connectivity index (χ2v) is 11.1. The van der Waals surface area contributed by atoms with E-state index in [-0.39, 0.29) is 11.7 Å². The van der Waals surface area contributed by atoms with E-state index < -0.39 is 0 Å². The standard InChI is InChI=1S/C28H38FN5OS/c1-6-25-24(19-33(18-20(2)3)28(35)26-8-7-17-36-26)27(32-15-13-31(14-16-32)21(4)5)34(30-25)23-11-9-22(29)10-12-23/h7-12,17,20-21H,6,13-16,18-19H2,1-5H3. The van der Waals surface area contributed by atoms with Crippen LogP contribution in [0.2, 0.25) is 0 Å². The van der Waals surface area contributed by atoms with Gasteiger partial charge in [0.05, 0.1) is 22.8 Å². The van der Waals surface area contributed by atoms with Gasteiger partial charge in [0.25, 0.3) is 5.91 Å². The maximum atomic E-state index is 13.8. The maximum absolute atomic E-state index is 13.8. The van der Waals surface area contributed by atoms with E-state index in [1.165, 1.54) is 23.5 Å². The van der Waals surface area contributed by atoms with Gasteiger partial charge in [-0.3, -0.25) is 9.69 Å². The number of hydrogen-bond donors (Lipinski definition) is 0. The summed E-state index contributed by atoms with van der Waals surface area (Å²) in [5.41, 5.74) is 2.90. The normalized spacial score (nSPS) is 14.7. The van der Waals surface area contributed by atoms with Gasteiger partial charge in [0.1, 0.15) is 11.6 Å². The van der Waals surface area contributed by atoms with Gasteiger partial charge in [0.15, 0.2) is 0 Å². The van der Waals surface area contributed by atoms with Crippen LogP contribution in [0.3, 0.4) is 0 Å². The first-order valence-corrected chi connectivity index (χ1v) is 13.8. The molecule has 0 unspecified atom stereocenters. The molecule has 2 aromatic heterocycles. The largest absolute Gasteiger partial charge is 0.354 e. The monoisotopic (exact) mass is 511 g/mol. The average molecular weight is 512 g/mol. The van der Waals surface area contributed by atoms with Crippen molar-refractivity contribution < 1.29 is 9.18 Å². The minimum atomic E-state index is -0.265. The summed E-state index contributed by atoms with van der Waals surface area (Å²) in [4.78, 5) is 21.1. The predicted molar refractivity (Wildman–Crippen MR) is 146 cm³/mol. The van der Waals surface area contributed by atoms with E-state index in [1.54, 1.807) is 12.1 Å². The Morgan fingerprint density at radius 3 is 2.33 bits per heavy atom. The van der Waals surface area contributed by atoms with Crippen LogP contribution >= 0.6 is 11.3 Å². The fourth-order valence-corrected chi connectivity index (χ4v) is 5.57. The zero-order valence-corrected chi connectivity index (χ0v) is 22.9. The van der Waals surface area contributed by atoms with Gasteiger partial charge in [0.2, 0.25) is 0 Å². The van der Waals surface area contributed by atoms with Crippen LogP contribution in [-0.2, 0) is 13.0 Å². The Hall–Kier alpha value is -2.71. The van der Waals surface area contributed by atoms with Gasteiger partial charge in [-0.1, -0.05) is 26.8 Å². The molecule has 1 amide bonds. The first-order chi connectivity index (χ1) is 17.3. The minimum Gasteiger partial charge on any atom is -0.354 e. The van der Waals surface area contributed by atoms with Crippen LogP contribution in [0.25, 0.3) is 5.69 Å². The Balaban J connectivity index is 1.77. The van der Waals surface area contributed by atoms with E-state index in [0.717, 1.165) is 60.2 Å². The topological polar surface area (TPSA) is 44.6 Å². The zero-order valence-electron chi connectivity index (χ0n) is 22.1. The van der Waals surface area contributed by atoms with E-state index in [0.29, 0.717) is 25.0 Å². The van der Waals surface area contributed by atoms with Gasteiger partial charge in [-0.15, -0.1) is 11.3 Å². The van der Waals surface area contributed by atoms with Crippen LogP contribution in [0.1, 0.15) is 55.5 Å². The van der Waals surface area contributed by atoms with Crippen molar-refractivity contribution in [3.63, 3.8) is 0 Å². The fraction of sp³-hybridized carbons (Fsp3) is 0.500. The molecule has 8 heteroatoms. The lowest BCUT2D eigenvalue weighted by molar-refractivity contribution is 0.0727. The number of carbonyl (C=O) groups excluding carboxylic acids is 1. The Kier molecular flexibility index (Phi) is 8.46. The molecule has 0 bridgehead atoms. The molecule has 1 aromatic carbocycles. The highest BCUT2D eigenvalue weighted by Crippen LogP contribution is 2.31. The van der Waals surface area contributed by atoms with Crippen LogP contribution in [0.4, 0.5) is 10.2 Å². The molecule has 4 rings (SSSR count). The number of halogens is 1. The third kappa shape index (κ3) is 5.81. The van der Waals surface area contributed by atoms with Crippen molar-refractivity contribution >= 4 is 23.1 Å². The molecule has 0 aliphatic carbocycles. The van der Waals surface area contributed by atoms with Crippen LogP contribution in [0, 0.1) is 11.7 Å². The smallest absolute Gasteiger partial charge is 0.264 e. The molecule has 0 radical (unpaired) electrons. The van der Waals surface area contributed by atoms with Crippen LogP contribution in [0.5, 0.6) is 0 Å². The summed E-state index contributed by atoms with van der Waals surface area (Å²) in [6.45, 7) is 15.7. The molecule has 3 heterocycles. The molecule has 1 fully saturated rings. The molecule has 194 valence electrons. The SMILES string of the molecule is CCc1nn(-c2ccc(F)cc2)c(N2CCN(C(C)C)CC2)c1CN(CC(C)C)C(=O)c1cccs1. The van der Waals surface area contributed by atoms with Crippen molar-refractivity contribution in [1.29, 1.82) is 0 Å². The highest BCUT2D eigenvalue weighted by atomic mass is 32.1. The maximum Gasteiger partial charge on any atom is 0.264 e. The van der Waals surface area contributed by atoms with Crippen molar-refractivity contribution in [2.24, 2.45) is 5.92 Å². The van der Waals surface area contributed by atoms with Crippen molar-refractivity contribution in [1.82, 2.24) is 19.6 Å². The Morgan fingerprint density at radius 1 is 1.08 bits per heavy atom. The van der Waals surface area contributed by atoms with Gasteiger partial charge in [0, 0.05) is 44.3 Å². The van der Waals surface area contributed by atoms with Gasteiger partial charge in [-0.05, 0) is 61.9 Å². The van der Waals surface area contributed by atoms with Gasteiger partial charge in [-0.2, -0.15) is 5.10 Å². The Labute approximate surface area is 218 Å². The highest BCUT2D eigenvalue weighted by Gasteiger charge is 2.29. The van der Waals surface area contributed by atoms with E-state index in [9.17, 15) is 9.18 Å². The third-order valence-electron chi connectivity index (χ3n) is 6.74. The summed E-state index contributed by atoms with van der Waals surface area (Å²) in [5, 5.41) is 6.96. The molecular formula is C28H38FN5OS. The lowest BCUT2D eigenvalue weighted by Gasteiger charge is -2.38. The first-order valence-electron chi connectivity index (χ1n) is 13.0. The number of aromatic nitrogens is 2. The average Bonchev–Trinajstić information content (AvgIpc) is 3.52. The predicted octanol–water partition coefficient (Wildman–Crippen LogP) is 5.46. The second-order valence-electron chi connectivity index (χ2n) is 10.2. The number of amides is 1. The van der Waals surface area contributed by atoms with Crippen LogP contribution < -0.4 is 4.90 Å². The van der Waals surface area contributed by atoms with Crippen LogP contribution in [-0.4, -0.2) is 64.3 Å². The number of aryl methyl sites for hydroxylation is 1. The molecule has 1 aliphatic rings. The molecule has 0 saturated carbocycles. The fourth-order valence-electron chi connectivity index (χ4n) is 4.88. The molecule has 1 saturated heterocycles. The van der Waals surface area contributed by atoms with E-state index >= 15 is 0 Å². The number of anilines is 1. The summed E-state index contributed by atoms with van der Waals surface area (Å²) in [6, 6.07) is 10.8. The van der Waals surface area contributed by atoms with Crippen molar-refractivity contribution in [3.8, 4) is 5.69 Å². The summed E-state index contributed by atoms with van der Waals surface area (Å²) < 4.78 is 15.7. The number of hydrogen-bond acceptors (Lipinski definition) is 5. The molecule has 0 N–H and O–H groups in total. The summed E-state index contributed by atoms with van der Waals surface area (Å²) >= 11 is 1.48. The minimum absolute atomic E-state index is 0.0610. The summed E-state index contributed by atoms with van der Waals surface area (Å²) in [5.74, 6) is 1.16. The van der Waals surface area contributed by atoms with Gasteiger partial charge in [-0.25, -0.2) is 9.07 Å². The second kappa shape index (κ2) is 11.6. The van der Waals surface area contributed by atoms with Gasteiger partial charge >= 0.3 is 0 Å². The Morgan fingerprint density at radius 2 is 1.78 bits per heavy atom. The number of nitrogens with zero attached hydrogens (tertiary/aromatic N) is 5. The number of thiophene rings is 1. The molecular weight excluding hydrogens is 473 g/mol. The van der Waals surface area contributed by atoms with E-state index in [1.807, 2.05) is 27.1 Å². The summed E-state index contributed by atoms with van der Waals surface area (Å²) in [7, 11) is 0. The lowest BCUT2D eigenvalue weighted by atomic mass is 10.1. The molecule has 3 aromatic rings. The molecule has 0 spiro atoms. The number of rotatable bonds is 9. The van der Waals surface area contributed by atoms with E-state index in [2.05, 4.69) is 44.4 Å². The Bertz CT molecular complexity index is 1130. The lowest BCUT2D eigenvalue weighted by Crippen LogP contribution is -2.49. The van der Waals surface area contributed by atoms with E-state index in [4.69, 9.17) is 5.10 Å². The number of piperazine rings is 1. The van der Waals surface area contributed by atoms with Crippen molar-refractivity contribution in [3.05, 3.63) is 63.7 Å². The third-order valence-corrected chi connectivity index (χ3v) is 7.60. The number of benzene rings is 1. The van der Waals surface area contributed by atoms with Gasteiger partial charge < -0.3 is 9.80 Å². The van der Waals surface area contributed by atoms with Crippen molar-refractivity contribution in [2.75, 3.05) is 37.6 Å². The quantitative estimate of drug-likeness (QED) is 0.383. The zero-order chi connectivity index (χ0) is 25.8. The summed E-state index contributed by atoms with van der Waals surface area (Å²) in [6.07, 6.45) is 0.755. The molecule has 1 aliphatic heterocycles. The first kappa shape index (κ1) is 26.4. The molecule has 0 atom stereocenters. The van der Waals surface area contributed by atoms with Crippen LogP contribution in [0.15, 0.2) is 41.8 Å². The number of carbonyl (C=O) groups is 1. The molecule has 36 heavy (non-hydrogen) atoms.